The molecule has 0 saturated carbocycles. The first kappa shape index (κ1) is 28.9. The molecule has 4 heterocycles. The Morgan fingerprint density at radius 2 is 2.00 bits per heavy atom. The van der Waals surface area contributed by atoms with Crippen LogP contribution in [0.25, 0.3) is 6.08 Å². The summed E-state index contributed by atoms with van der Waals surface area (Å²) in [7, 11) is 0. The SMILES string of the molecule is CCn1cncc1Cn1c(/C=C/C(=O)O)cnc1CN1CCC(c2cccc3c2O[C@](C)(c2ccc(Cl)cc2F)O3)CC1. The Morgan fingerprint density at radius 1 is 1.19 bits per heavy atom. The van der Waals surface area contributed by atoms with Crippen LogP contribution in [0.2, 0.25) is 5.02 Å². The van der Waals surface area contributed by atoms with Gasteiger partial charge in [0.1, 0.15) is 11.6 Å². The maximum Gasteiger partial charge on any atom is 0.328 e. The van der Waals surface area contributed by atoms with Crippen molar-refractivity contribution >= 4 is 23.6 Å². The van der Waals surface area contributed by atoms with Crippen LogP contribution in [0, 0.1) is 5.82 Å². The number of hydrogen-bond donors (Lipinski definition) is 1. The molecule has 11 heteroatoms. The van der Waals surface area contributed by atoms with Crippen molar-refractivity contribution in [3.8, 4) is 11.5 Å². The molecule has 0 bridgehead atoms. The quantitative estimate of drug-likeness (QED) is 0.232. The van der Waals surface area contributed by atoms with Gasteiger partial charge in [0.25, 0.3) is 5.79 Å². The predicted molar refractivity (Wildman–Crippen MR) is 160 cm³/mol. The lowest BCUT2D eigenvalue weighted by atomic mass is 9.88. The molecular formula is C32H33ClFN5O4. The molecule has 1 atom stereocenters. The number of para-hydroxylation sites is 1. The second-order valence-electron chi connectivity index (χ2n) is 11.0. The molecule has 0 aliphatic carbocycles. The first-order valence-electron chi connectivity index (χ1n) is 14.4. The second kappa shape index (κ2) is 11.9. The molecule has 9 nitrogen and oxygen atoms in total. The van der Waals surface area contributed by atoms with E-state index >= 15 is 0 Å². The van der Waals surface area contributed by atoms with Crippen molar-refractivity contribution in [1.29, 1.82) is 0 Å². The molecule has 1 fully saturated rings. The topological polar surface area (TPSA) is 94.6 Å². The summed E-state index contributed by atoms with van der Waals surface area (Å²) in [4.78, 5) is 22.5. The molecule has 2 aromatic carbocycles. The third-order valence-electron chi connectivity index (χ3n) is 8.25. The van der Waals surface area contributed by atoms with Crippen molar-refractivity contribution in [2.24, 2.45) is 0 Å². The Bertz CT molecular complexity index is 1680. The average molecular weight is 606 g/mol. The number of ether oxygens (including phenoxy) is 2. The average Bonchev–Trinajstić information content (AvgIpc) is 3.69. The highest BCUT2D eigenvalue weighted by molar-refractivity contribution is 6.30. The van der Waals surface area contributed by atoms with Gasteiger partial charge >= 0.3 is 5.97 Å². The number of halogens is 2. The van der Waals surface area contributed by atoms with Gasteiger partial charge in [0.15, 0.2) is 11.5 Å². The van der Waals surface area contributed by atoms with Gasteiger partial charge in [-0.1, -0.05) is 23.7 Å². The number of carboxylic acids is 1. The minimum atomic E-state index is -1.29. The number of nitrogens with zero attached hydrogens (tertiary/aromatic N) is 5. The number of benzene rings is 2. The molecule has 43 heavy (non-hydrogen) atoms. The van der Waals surface area contributed by atoms with Crippen LogP contribution in [-0.4, -0.2) is 48.2 Å². The standard InChI is InChI=1S/C32H33ClFN5O4/c1-3-38-20-35-16-24(38)18-39-23(8-10-30(40)41)17-36-29(39)19-37-13-11-21(12-14-37)25-5-4-6-28-31(25)43-32(2,42-28)26-9-7-22(33)15-27(26)34/h4-10,15-17,20-21H,3,11-14,18-19H2,1-2H3,(H,40,41)/b10-8+/t32-/m1/s1. The molecule has 1 N–H and O–H groups in total. The van der Waals surface area contributed by atoms with E-state index in [1.807, 2.05) is 18.3 Å². The van der Waals surface area contributed by atoms with Gasteiger partial charge in [-0.2, -0.15) is 0 Å². The van der Waals surface area contributed by atoms with E-state index in [4.69, 9.17) is 21.1 Å². The highest BCUT2D eigenvalue weighted by atomic mass is 35.5. The zero-order valence-corrected chi connectivity index (χ0v) is 24.8. The van der Waals surface area contributed by atoms with Gasteiger partial charge in [-0.15, -0.1) is 0 Å². The van der Waals surface area contributed by atoms with Crippen LogP contribution >= 0.6 is 11.6 Å². The Hall–Kier alpha value is -4.15. The van der Waals surface area contributed by atoms with Crippen LogP contribution in [-0.2, 0) is 30.2 Å². The fraction of sp³-hybridized carbons (Fsp3) is 0.344. The number of piperidine rings is 1. The van der Waals surface area contributed by atoms with E-state index in [1.165, 1.54) is 6.07 Å². The smallest absolute Gasteiger partial charge is 0.328 e. The second-order valence-corrected chi connectivity index (χ2v) is 11.5. The summed E-state index contributed by atoms with van der Waals surface area (Å²) in [6.07, 6.45) is 9.88. The van der Waals surface area contributed by atoms with Crippen molar-refractivity contribution in [2.75, 3.05) is 13.1 Å². The number of aryl methyl sites for hydroxylation is 1. The molecule has 4 aromatic rings. The summed E-state index contributed by atoms with van der Waals surface area (Å²) in [6, 6.07) is 10.4. The van der Waals surface area contributed by atoms with E-state index in [9.17, 15) is 14.3 Å². The van der Waals surface area contributed by atoms with E-state index < -0.39 is 17.6 Å². The van der Waals surface area contributed by atoms with Crippen molar-refractivity contribution < 1.29 is 23.8 Å². The maximum atomic E-state index is 14.8. The van der Waals surface area contributed by atoms with Crippen molar-refractivity contribution in [1.82, 2.24) is 24.0 Å². The summed E-state index contributed by atoms with van der Waals surface area (Å²) >= 11 is 5.97. The summed E-state index contributed by atoms with van der Waals surface area (Å²) in [5, 5.41) is 9.50. The van der Waals surface area contributed by atoms with Gasteiger partial charge in [0.05, 0.1) is 42.6 Å². The number of aromatic nitrogens is 4. The van der Waals surface area contributed by atoms with Crippen LogP contribution in [0.5, 0.6) is 11.5 Å². The van der Waals surface area contributed by atoms with E-state index in [0.29, 0.717) is 35.2 Å². The number of rotatable bonds is 9. The largest absolute Gasteiger partial charge is 0.478 e. The maximum absolute atomic E-state index is 14.8. The number of fused-ring (bicyclic) bond motifs is 1. The Balaban J connectivity index is 1.17. The molecule has 2 aromatic heterocycles. The van der Waals surface area contributed by atoms with E-state index in [0.717, 1.165) is 61.3 Å². The lowest BCUT2D eigenvalue weighted by molar-refractivity contribution is -0.131. The Labute approximate surface area is 254 Å². The molecule has 0 unspecified atom stereocenters. The highest BCUT2D eigenvalue weighted by Gasteiger charge is 2.43. The van der Waals surface area contributed by atoms with Crippen LogP contribution in [0.3, 0.4) is 0 Å². The number of hydrogen-bond acceptors (Lipinski definition) is 6. The lowest BCUT2D eigenvalue weighted by Crippen LogP contribution is -2.34. The Kier molecular flexibility index (Phi) is 7.98. The fourth-order valence-corrected chi connectivity index (χ4v) is 6.15. The predicted octanol–water partition coefficient (Wildman–Crippen LogP) is 6.06. The number of likely N-dealkylation sites (tertiary alicyclic amines) is 1. The molecule has 6 rings (SSSR count). The fourth-order valence-electron chi connectivity index (χ4n) is 5.99. The number of carbonyl (C=O) groups is 1. The number of imidazole rings is 2. The minimum Gasteiger partial charge on any atom is -0.478 e. The number of aliphatic carboxylic acids is 1. The molecule has 2 aliphatic heterocycles. The lowest BCUT2D eigenvalue weighted by Gasteiger charge is -2.32. The van der Waals surface area contributed by atoms with Gasteiger partial charge in [-0.05, 0) is 69.1 Å². The van der Waals surface area contributed by atoms with Gasteiger partial charge in [-0.3, -0.25) is 4.90 Å². The Morgan fingerprint density at radius 3 is 2.74 bits per heavy atom. The molecule has 1 saturated heterocycles. The third-order valence-corrected chi connectivity index (χ3v) is 8.48. The van der Waals surface area contributed by atoms with E-state index in [2.05, 4.69) is 37.0 Å². The monoisotopic (exact) mass is 605 g/mol. The normalized spacial score (nSPS) is 19.0. The summed E-state index contributed by atoms with van der Waals surface area (Å²) in [5.74, 6) is -0.384. The molecule has 2 aliphatic rings. The summed E-state index contributed by atoms with van der Waals surface area (Å²) < 4.78 is 31.4. The highest BCUT2D eigenvalue weighted by Crippen LogP contribution is 2.49. The van der Waals surface area contributed by atoms with Gasteiger partial charge < -0.3 is 23.7 Å². The van der Waals surface area contributed by atoms with Crippen LogP contribution in [0.1, 0.15) is 60.9 Å². The van der Waals surface area contributed by atoms with Gasteiger partial charge in [0, 0.05) is 36.3 Å². The van der Waals surface area contributed by atoms with Crippen LogP contribution < -0.4 is 9.47 Å². The number of carboxylic acid groups (broad SMARTS) is 1. The van der Waals surface area contributed by atoms with E-state index in [-0.39, 0.29) is 5.92 Å². The van der Waals surface area contributed by atoms with Crippen LogP contribution in [0.4, 0.5) is 4.39 Å². The van der Waals surface area contributed by atoms with Crippen molar-refractivity contribution in [3.05, 3.63) is 100 Å². The van der Waals surface area contributed by atoms with E-state index in [1.54, 1.807) is 37.7 Å². The zero-order chi connectivity index (χ0) is 30.1. The molecule has 0 radical (unpaired) electrons. The van der Waals surface area contributed by atoms with Crippen molar-refractivity contribution in [3.63, 3.8) is 0 Å². The van der Waals surface area contributed by atoms with Crippen molar-refractivity contribution in [2.45, 2.75) is 58.0 Å². The first-order chi connectivity index (χ1) is 20.7. The molecule has 0 spiro atoms. The first-order valence-corrected chi connectivity index (χ1v) is 14.7. The molecular weight excluding hydrogens is 573 g/mol. The third kappa shape index (κ3) is 5.89. The minimum absolute atomic E-state index is 0.250. The molecule has 0 amide bonds. The molecule has 224 valence electrons. The summed E-state index contributed by atoms with van der Waals surface area (Å²) in [6.45, 7) is 7.44. The van der Waals surface area contributed by atoms with Gasteiger partial charge in [0.2, 0.25) is 0 Å². The van der Waals surface area contributed by atoms with Crippen LogP contribution in [0.15, 0.2) is 61.2 Å². The van der Waals surface area contributed by atoms with Gasteiger partial charge in [-0.25, -0.2) is 19.2 Å². The zero-order valence-electron chi connectivity index (χ0n) is 24.0. The summed E-state index contributed by atoms with van der Waals surface area (Å²) in [5.41, 5.74) is 3.11.